The highest BCUT2D eigenvalue weighted by atomic mass is 35.5. The van der Waals surface area contributed by atoms with E-state index in [-0.39, 0.29) is 11.1 Å². The SMILES string of the molecule is O=c1[nH]c2ccc(C(Cl)C3CC3)cc2[nH]1. The molecule has 0 saturated heterocycles. The summed E-state index contributed by atoms with van der Waals surface area (Å²) in [4.78, 5) is 16.5. The summed E-state index contributed by atoms with van der Waals surface area (Å²) < 4.78 is 0. The van der Waals surface area contributed by atoms with Crippen molar-refractivity contribution in [2.45, 2.75) is 18.2 Å². The zero-order valence-electron chi connectivity index (χ0n) is 8.09. The molecule has 2 aromatic rings. The average Bonchev–Trinajstić information content (AvgIpc) is 2.98. The van der Waals surface area contributed by atoms with Gasteiger partial charge in [-0.1, -0.05) is 6.07 Å². The molecule has 3 rings (SSSR count). The number of H-pyrrole nitrogens is 2. The van der Waals surface area contributed by atoms with Crippen LogP contribution in [0.5, 0.6) is 0 Å². The van der Waals surface area contributed by atoms with Gasteiger partial charge in [0.05, 0.1) is 16.4 Å². The molecule has 1 fully saturated rings. The molecular weight excluding hydrogens is 212 g/mol. The number of nitrogens with one attached hydrogen (secondary N) is 2. The molecular formula is C11H11ClN2O. The zero-order chi connectivity index (χ0) is 10.4. The molecule has 0 bridgehead atoms. The van der Waals surface area contributed by atoms with Crippen molar-refractivity contribution in [2.24, 2.45) is 5.92 Å². The number of fused-ring (bicyclic) bond motifs is 1. The summed E-state index contributed by atoms with van der Waals surface area (Å²) in [6, 6.07) is 5.85. The number of aromatic amines is 2. The molecule has 1 unspecified atom stereocenters. The van der Waals surface area contributed by atoms with E-state index in [9.17, 15) is 4.79 Å². The van der Waals surface area contributed by atoms with Gasteiger partial charge in [0.25, 0.3) is 0 Å². The summed E-state index contributed by atoms with van der Waals surface area (Å²) in [5.74, 6) is 0.620. The molecule has 3 nitrogen and oxygen atoms in total. The zero-order valence-corrected chi connectivity index (χ0v) is 8.84. The Labute approximate surface area is 91.5 Å². The summed E-state index contributed by atoms with van der Waals surface area (Å²) in [5.41, 5.74) is 2.61. The number of alkyl halides is 1. The summed E-state index contributed by atoms with van der Waals surface area (Å²) in [7, 11) is 0. The van der Waals surface area contributed by atoms with Gasteiger partial charge in [0.15, 0.2) is 0 Å². The van der Waals surface area contributed by atoms with E-state index in [1.54, 1.807) is 0 Å². The van der Waals surface area contributed by atoms with Crippen molar-refractivity contribution in [1.29, 1.82) is 0 Å². The molecule has 1 aromatic carbocycles. The van der Waals surface area contributed by atoms with Crippen molar-refractivity contribution in [3.05, 3.63) is 34.2 Å². The maximum atomic E-state index is 11.1. The van der Waals surface area contributed by atoms with Crippen LogP contribution in [-0.4, -0.2) is 9.97 Å². The fourth-order valence-corrected chi connectivity index (χ4v) is 2.27. The van der Waals surface area contributed by atoms with Gasteiger partial charge in [0.1, 0.15) is 0 Å². The van der Waals surface area contributed by atoms with Crippen LogP contribution in [0.3, 0.4) is 0 Å². The Bertz CT molecular complexity index is 553. The summed E-state index contributed by atoms with van der Waals surface area (Å²) in [6.45, 7) is 0. The molecule has 0 spiro atoms. The average molecular weight is 223 g/mol. The molecule has 2 N–H and O–H groups in total. The fraction of sp³-hybridized carbons (Fsp3) is 0.364. The Morgan fingerprint density at radius 1 is 1.27 bits per heavy atom. The maximum Gasteiger partial charge on any atom is 0.323 e. The van der Waals surface area contributed by atoms with E-state index in [1.165, 1.54) is 12.8 Å². The lowest BCUT2D eigenvalue weighted by Gasteiger charge is -2.07. The molecule has 0 amide bonds. The van der Waals surface area contributed by atoms with E-state index < -0.39 is 0 Å². The Morgan fingerprint density at radius 2 is 2.00 bits per heavy atom. The first kappa shape index (κ1) is 9.04. The van der Waals surface area contributed by atoms with E-state index >= 15 is 0 Å². The van der Waals surface area contributed by atoms with Gasteiger partial charge >= 0.3 is 5.69 Å². The molecule has 15 heavy (non-hydrogen) atoms. The van der Waals surface area contributed by atoms with E-state index in [0.717, 1.165) is 16.6 Å². The van der Waals surface area contributed by atoms with Crippen molar-refractivity contribution < 1.29 is 0 Å². The number of imidazole rings is 1. The minimum Gasteiger partial charge on any atom is -0.306 e. The summed E-state index contributed by atoms with van der Waals surface area (Å²) in [5, 5.41) is 0.0906. The van der Waals surface area contributed by atoms with Crippen LogP contribution in [0.4, 0.5) is 0 Å². The lowest BCUT2D eigenvalue weighted by Crippen LogP contribution is -1.99. The summed E-state index contributed by atoms with van der Waals surface area (Å²) >= 11 is 6.31. The number of hydrogen-bond donors (Lipinski definition) is 2. The van der Waals surface area contributed by atoms with Crippen LogP contribution >= 0.6 is 11.6 Å². The topological polar surface area (TPSA) is 48.6 Å². The Kier molecular flexibility index (Phi) is 1.89. The molecule has 1 heterocycles. The van der Waals surface area contributed by atoms with Gasteiger partial charge in [0, 0.05) is 0 Å². The van der Waals surface area contributed by atoms with Gasteiger partial charge in [-0.15, -0.1) is 11.6 Å². The van der Waals surface area contributed by atoms with Gasteiger partial charge < -0.3 is 9.97 Å². The first-order valence-electron chi connectivity index (χ1n) is 5.10. The second kappa shape index (κ2) is 3.14. The minimum absolute atomic E-state index is 0.0906. The summed E-state index contributed by atoms with van der Waals surface area (Å²) in [6.07, 6.45) is 2.44. The van der Waals surface area contributed by atoms with Crippen LogP contribution in [0.25, 0.3) is 11.0 Å². The van der Waals surface area contributed by atoms with Gasteiger partial charge in [-0.3, -0.25) is 0 Å². The highest BCUT2D eigenvalue weighted by molar-refractivity contribution is 6.21. The Balaban J connectivity index is 2.08. The Hall–Kier alpha value is -1.22. The van der Waals surface area contributed by atoms with Crippen molar-refractivity contribution in [3.8, 4) is 0 Å². The van der Waals surface area contributed by atoms with Crippen molar-refractivity contribution in [3.63, 3.8) is 0 Å². The van der Waals surface area contributed by atoms with Crippen LogP contribution in [0, 0.1) is 5.92 Å². The molecule has 1 saturated carbocycles. The number of hydrogen-bond acceptors (Lipinski definition) is 1. The van der Waals surface area contributed by atoms with Gasteiger partial charge in [-0.25, -0.2) is 4.79 Å². The number of benzene rings is 1. The molecule has 1 aromatic heterocycles. The smallest absolute Gasteiger partial charge is 0.306 e. The van der Waals surface area contributed by atoms with Crippen molar-refractivity contribution >= 4 is 22.6 Å². The third kappa shape index (κ3) is 1.57. The predicted octanol–water partition coefficient (Wildman–Crippen LogP) is 2.55. The van der Waals surface area contributed by atoms with Crippen LogP contribution in [0.15, 0.2) is 23.0 Å². The second-order valence-corrected chi connectivity index (χ2v) is 4.59. The number of halogens is 1. The first-order chi connectivity index (χ1) is 7.24. The quantitative estimate of drug-likeness (QED) is 0.754. The monoisotopic (exact) mass is 222 g/mol. The van der Waals surface area contributed by atoms with E-state index in [0.29, 0.717) is 5.92 Å². The molecule has 78 valence electrons. The van der Waals surface area contributed by atoms with E-state index in [4.69, 9.17) is 11.6 Å². The molecule has 0 aliphatic heterocycles. The number of rotatable bonds is 2. The first-order valence-corrected chi connectivity index (χ1v) is 5.54. The van der Waals surface area contributed by atoms with Crippen LogP contribution in [0.2, 0.25) is 0 Å². The van der Waals surface area contributed by atoms with Gasteiger partial charge in [0.2, 0.25) is 0 Å². The standard InChI is InChI=1S/C11H11ClN2O/c12-10(6-1-2-6)7-3-4-8-9(5-7)14-11(15)13-8/h3-6,10H,1-2H2,(H2,13,14,15). The molecule has 0 radical (unpaired) electrons. The van der Waals surface area contributed by atoms with Crippen molar-refractivity contribution in [2.75, 3.05) is 0 Å². The van der Waals surface area contributed by atoms with Gasteiger partial charge in [-0.05, 0) is 36.5 Å². The fourth-order valence-electron chi connectivity index (χ4n) is 1.88. The maximum absolute atomic E-state index is 11.1. The lowest BCUT2D eigenvalue weighted by atomic mass is 10.1. The molecule has 1 aliphatic rings. The van der Waals surface area contributed by atoms with Crippen molar-refractivity contribution in [1.82, 2.24) is 9.97 Å². The van der Waals surface area contributed by atoms with Gasteiger partial charge in [-0.2, -0.15) is 0 Å². The predicted molar refractivity (Wildman–Crippen MR) is 60.2 cm³/mol. The third-order valence-corrected chi connectivity index (χ3v) is 3.50. The van der Waals surface area contributed by atoms with Crippen LogP contribution < -0.4 is 5.69 Å². The normalized spacial score (nSPS) is 18.2. The highest BCUT2D eigenvalue weighted by Crippen LogP contribution is 2.45. The number of aromatic nitrogens is 2. The second-order valence-electron chi connectivity index (χ2n) is 4.12. The Morgan fingerprint density at radius 3 is 2.73 bits per heavy atom. The largest absolute Gasteiger partial charge is 0.323 e. The minimum atomic E-state index is -0.167. The molecule has 4 heteroatoms. The molecule has 1 aliphatic carbocycles. The van der Waals surface area contributed by atoms with E-state index in [2.05, 4.69) is 9.97 Å². The third-order valence-electron chi connectivity index (χ3n) is 2.89. The van der Waals surface area contributed by atoms with E-state index in [1.807, 2.05) is 18.2 Å². The van der Waals surface area contributed by atoms with Crippen LogP contribution in [0.1, 0.15) is 23.8 Å². The van der Waals surface area contributed by atoms with Crippen LogP contribution in [-0.2, 0) is 0 Å². The molecule has 1 atom stereocenters. The lowest BCUT2D eigenvalue weighted by molar-refractivity contribution is 0.798. The highest BCUT2D eigenvalue weighted by Gasteiger charge is 2.30.